The van der Waals surface area contributed by atoms with E-state index in [0.29, 0.717) is 0 Å². The van der Waals surface area contributed by atoms with Crippen LogP contribution < -0.4 is 0 Å². The molecule has 1 aliphatic rings. The molecular weight excluding hydrogens is 258 g/mol. The second-order valence-electron chi connectivity index (χ2n) is 6.77. The molecule has 1 saturated heterocycles. The molecular formula is C19H37NO. The topological polar surface area (TPSA) is 20.3 Å². The normalized spacial score (nSPS) is 19.2. The Kier molecular flexibility index (Phi) is 11.8. The van der Waals surface area contributed by atoms with Gasteiger partial charge in [0.1, 0.15) is 6.29 Å². The first-order valence-electron chi connectivity index (χ1n) is 9.58. The van der Waals surface area contributed by atoms with Crippen LogP contribution in [-0.2, 0) is 4.79 Å². The van der Waals surface area contributed by atoms with E-state index in [1.54, 1.807) is 0 Å². The molecule has 2 nitrogen and oxygen atoms in total. The van der Waals surface area contributed by atoms with Crippen molar-refractivity contribution in [3.63, 3.8) is 0 Å². The molecule has 1 rings (SSSR count). The molecule has 0 amide bonds. The number of unbranched alkanes of at least 4 members (excludes halogenated alkanes) is 11. The highest BCUT2D eigenvalue weighted by Gasteiger charge is 2.22. The van der Waals surface area contributed by atoms with Gasteiger partial charge in [0, 0.05) is 0 Å². The molecule has 1 fully saturated rings. The minimum absolute atomic E-state index is 0.234. The summed E-state index contributed by atoms with van der Waals surface area (Å²) < 4.78 is 0. The SMILES string of the molecule is CCCCCCCCCCCCCCN1CCC[C@H]1C=O. The van der Waals surface area contributed by atoms with Gasteiger partial charge >= 0.3 is 0 Å². The molecule has 21 heavy (non-hydrogen) atoms. The summed E-state index contributed by atoms with van der Waals surface area (Å²) in [4.78, 5) is 13.3. The summed E-state index contributed by atoms with van der Waals surface area (Å²) in [6.45, 7) is 4.56. The van der Waals surface area contributed by atoms with Crippen LogP contribution in [0.4, 0.5) is 0 Å². The van der Waals surface area contributed by atoms with Crippen molar-refractivity contribution in [1.29, 1.82) is 0 Å². The van der Waals surface area contributed by atoms with E-state index in [4.69, 9.17) is 0 Å². The van der Waals surface area contributed by atoms with Crippen molar-refractivity contribution >= 4 is 6.29 Å². The Balaban J connectivity index is 1.77. The third kappa shape index (κ3) is 9.29. The van der Waals surface area contributed by atoms with E-state index < -0.39 is 0 Å². The van der Waals surface area contributed by atoms with Gasteiger partial charge in [0.2, 0.25) is 0 Å². The molecule has 0 N–H and O–H groups in total. The van der Waals surface area contributed by atoms with Crippen molar-refractivity contribution in [2.24, 2.45) is 0 Å². The molecule has 0 aromatic carbocycles. The Labute approximate surface area is 132 Å². The third-order valence-corrected chi connectivity index (χ3v) is 4.87. The molecule has 0 unspecified atom stereocenters. The van der Waals surface area contributed by atoms with E-state index in [9.17, 15) is 4.79 Å². The van der Waals surface area contributed by atoms with Gasteiger partial charge < -0.3 is 4.79 Å². The zero-order chi connectivity index (χ0) is 15.2. The summed E-state index contributed by atoms with van der Waals surface area (Å²) in [6, 6.07) is 0.234. The van der Waals surface area contributed by atoms with Gasteiger partial charge in [-0.05, 0) is 32.4 Å². The van der Waals surface area contributed by atoms with Crippen molar-refractivity contribution in [2.75, 3.05) is 13.1 Å². The average molecular weight is 296 g/mol. The van der Waals surface area contributed by atoms with Crippen LogP contribution in [0, 0.1) is 0 Å². The fourth-order valence-electron chi connectivity index (χ4n) is 3.44. The maximum absolute atomic E-state index is 10.9. The van der Waals surface area contributed by atoms with Crippen LogP contribution in [0.3, 0.4) is 0 Å². The highest BCUT2D eigenvalue weighted by Crippen LogP contribution is 2.17. The molecule has 0 radical (unpaired) electrons. The highest BCUT2D eigenvalue weighted by atomic mass is 16.1. The van der Waals surface area contributed by atoms with Gasteiger partial charge in [0.15, 0.2) is 0 Å². The lowest BCUT2D eigenvalue weighted by Gasteiger charge is -2.19. The van der Waals surface area contributed by atoms with Gasteiger partial charge in [0.25, 0.3) is 0 Å². The zero-order valence-corrected chi connectivity index (χ0v) is 14.3. The zero-order valence-electron chi connectivity index (χ0n) is 14.3. The molecule has 0 aromatic heterocycles. The number of nitrogens with zero attached hydrogens (tertiary/aromatic N) is 1. The number of aldehydes is 1. The van der Waals surface area contributed by atoms with Crippen LogP contribution in [0.2, 0.25) is 0 Å². The summed E-state index contributed by atoms with van der Waals surface area (Å²) in [5, 5.41) is 0. The minimum Gasteiger partial charge on any atom is -0.302 e. The van der Waals surface area contributed by atoms with Crippen molar-refractivity contribution in [1.82, 2.24) is 4.90 Å². The van der Waals surface area contributed by atoms with Crippen LogP contribution in [-0.4, -0.2) is 30.3 Å². The van der Waals surface area contributed by atoms with Gasteiger partial charge in [-0.25, -0.2) is 0 Å². The number of hydrogen-bond acceptors (Lipinski definition) is 2. The fraction of sp³-hybridized carbons (Fsp3) is 0.947. The quantitative estimate of drug-likeness (QED) is 0.318. The molecule has 0 spiro atoms. The van der Waals surface area contributed by atoms with E-state index in [2.05, 4.69) is 11.8 Å². The number of likely N-dealkylation sites (tertiary alicyclic amines) is 1. The smallest absolute Gasteiger partial charge is 0.137 e. The monoisotopic (exact) mass is 295 g/mol. The Hall–Kier alpha value is -0.370. The predicted octanol–water partition coefficient (Wildman–Crippen LogP) is 5.35. The molecule has 1 atom stereocenters. The molecule has 1 heterocycles. The molecule has 0 aromatic rings. The van der Waals surface area contributed by atoms with Crippen molar-refractivity contribution < 1.29 is 4.79 Å². The molecule has 124 valence electrons. The fourth-order valence-corrected chi connectivity index (χ4v) is 3.44. The first-order valence-corrected chi connectivity index (χ1v) is 9.58. The van der Waals surface area contributed by atoms with Crippen LogP contribution >= 0.6 is 0 Å². The van der Waals surface area contributed by atoms with E-state index in [0.717, 1.165) is 25.8 Å². The Bertz CT molecular complexity index is 242. The van der Waals surface area contributed by atoms with E-state index in [-0.39, 0.29) is 6.04 Å². The second-order valence-corrected chi connectivity index (χ2v) is 6.77. The van der Waals surface area contributed by atoms with E-state index in [1.807, 2.05) is 0 Å². The van der Waals surface area contributed by atoms with Gasteiger partial charge in [-0.3, -0.25) is 4.90 Å². The van der Waals surface area contributed by atoms with Crippen molar-refractivity contribution in [2.45, 2.75) is 103 Å². The first-order chi connectivity index (χ1) is 10.4. The highest BCUT2D eigenvalue weighted by molar-refractivity contribution is 5.58. The lowest BCUT2D eigenvalue weighted by Crippen LogP contribution is -2.31. The Morgan fingerprint density at radius 3 is 1.90 bits per heavy atom. The lowest BCUT2D eigenvalue weighted by molar-refractivity contribution is -0.111. The molecule has 0 saturated carbocycles. The third-order valence-electron chi connectivity index (χ3n) is 4.87. The lowest BCUT2D eigenvalue weighted by atomic mass is 10.1. The average Bonchev–Trinajstić information content (AvgIpc) is 2.96. The van der Waals surface area contributed by atoms with Gasteiger partial charge in [0.05, 0.1) is 6.04 Å². The molecule has 0 aliphatic carbocycles. The van der Waals surface area contributed by atoms with Gasteiger partial charge in [-0.15, -0.1) is 0 Å². The molecule has 1 aliphatic heterocycles. The summed E-state index contributed by atoms with van der Waals surface area (Å²) in [7, 11) is 0. The number of carbonyl (C=O) groups is 1. The van der Waals surface area contributed by atoms with Crippen molar-refractivity contribution in [3.8, 4) is 0 Å². The molecule has 0 bridgehead atoms. The standard InChI is InChI=1S/C19H37NO/c1-2-3-4-5-6-7-8-9-10-11-12-13-16-20-17-14-15-19(20)18-21/h18-19H,2-17H2,1H3/t19-/m0/s1. The second kappa shape index (κ2) is 13.3. The van der Waals surface area contributed by atoms with Crippen LogP contribution in [0.5, 0.6) is 0 Å². The molecule has 2 heteroatoms. The number of hydrogen-bond donors (Lipinski definition) is 0. The van der Waals surface area contributed by atoms with Crippen LogP contribution in [0.1, 0.15) is 96.8 Å². The van der Waals surface area contributed by atoms with Gasteiger partial charge in [-0.2, -0.15) is 0 Å². The number of rotatable bonds is 14. The van der Waals surface area contributed by atoms with Crippen molar-refractivity contribution in [3.05, 3.63) is 0 Å². The van der Waals surface area contributed by atoms with Gasteiger partial charge in [-0.1, -0.05) is 77.6 Å². The largest absolute Gasteiger partial charge is 0.302 e. The first kappa shape index (κ1) is 18.7. The predicted molar refractivity (Wildman–Crippen MR) is 91.7 cm³/mol. The summed E-state index contributed by atoms with van der Waals surface area (Å²) in [5.41, 5.74) is 0. The Morgan fingerprint density at radius 2 is 1.38 bits per heavy atom. The van der Waals surface area contributed by atoms with Crippen LogP contribution in [0.25, 0.3) is 0 Å². The maximum atomic E-state index is 10.9. The summed E-state index contributed by atoms with van der Waals surface area (Å²) in [6.07, 6.45) is 20.3. The Morgan fingerprint density at radius 1 is 0.857 bits per heavy atom. The summed E-state index contributed by atoms with van der Waals surface area (Å²) >= 11 is 0. The number of carbonyl (C=O) groups excluding carboxylic acids is 1. The summed E-state index contributed by atoms with van der Waals surface area (Å²) in [5.74, 6) is 0. The maximum Gasteiger partial charge on any atom is 0.137 e. The van der Waals surface area contributed by atoms with E-state index >= 15 is 0 Å². The van der Waals surface area contributed by atoms with E-state index in [1.165, 1.54) is 83.5 Å². The minimum atomic E-state index is 0.234. The van der Waals surface area contributed by atoms with Crippen LogP contribution in [0.15, 0.2) is 0 Å².